The van der Waals surface area contributed by atoms with Gasteiger partial charge in [-0.3, -0.25) is 0 Å². The first-order valence-electron chi connectivity index (χ1n) is 7.66. The van der Waals surface area contributed by atoms with Crippen LogP contribution in [0.3, 0.4) is 0 Å². The maximum atomic E-state index is 4.67. The number of nitrogens with one attached hydrogen (secondary N) is 1. The van der Waals surface area contributed by atoms with Crippen LogP contribution >= 0.6 is 0 Å². The van der Waals surface area contributed by atoms with Crippen molar-refractivity contribution in [3.8, 4) is 5.69 Å². The van der Waals surface area contributed by atoms with Gasteiger partial charge in [0.15, 0.2) is 5.65 Å². The first-order chi connectivity index (χ1) is 10.6. The average Bonchev–Trinajstić information content (AvgIpc) is 2.85. The van der Waals surface area contributed by atoms with Crippen LogP contribution in [0.25, 0.3) is 16.7 Å². The molecule has 0 radical (unpaired) electrons. The highest BCUT2D eigenvalue weighted by atomic mass is 15.3. The number of rotatable bonds is 4. The van der Waals surface area contributed by atoms with E-state index in [1.54, 1.807) is 0 Å². The van der Waals surface area contributed by atoms with Crippen molar-refractivity contribution in [3.63, 3.8) is 0 Å². The molecule has 2 aromatic heterocycles. The molecule has 3 aromatic rings. The number of aryl methyl sites for hydroxylation is 2. The highest BCUT2D eigenvalue weighted by molar-refractivity contribution is 5.90. The molecule has 114 valence electrons. The van der Waals surface area contributed by atoms with E-state index in [9.17, 15) is 0 Å². The third kappa shape index (κ3) is 2.54. The van der Waals surface area contributed by atoms with Crippen LogP contribution in [0.15, 0.2) is 30.3 Å². The van der Waals surface area contributed by atoms with E-state index >= 15 is 0 Å². The fourth-order valence-corrected chi connectivity index (χ4v) is 2.48. The van der Waals surface area contributed by atoms with Gasteiger partial charge in [0.05, 0.1) is 16.8 Å². The second kappa shape index (κ2) is 5.75. The molecule has 0 saturated heterocycles. The molecule has 5 nitrogen and oxygen atoms in total. The highest BCUT2D eigenvalue weighted by Crippen LogP contribution is 2.26. The van der Waals surface area contributed by atoms with E-state index in [0.29, 0.717) is 6.04 Å². The third-order valence-electron chi connectivity index (χ3n) is 3.81. The van der Waals surface area contributed by atoms with Crippen LogP contribution in [0.2, 0.25) is 0 Å². The quantitative estimate of drug-likeness (QED) is 0.798. The summed E-state index contributed by atoms with van der Waals surface area (Å²) in [6.07, 6.45) is 1.04. The molecule has 0 bridgehead atoms. The lowest BCUT2D eigenvalue weighted by atomic mass is 10.2. The number of para-hydroxylation sites is 1. The topological polar surface area (TPSA) is 55.6 Å². The lowest BCUT2D eigenvalue weighted by Crippen LogP contribution is -2.15. The molecule has 0 amide bonds. The maximum Gasteiger partial charge on any atom is 0.168 e. The maximum absolute atomic E-state index is 4.67. The lowest BCUT2D eigenvalue weighted by molar-refractivity contribution is 0.759. The summed E-state index contributed by atoms with van der Waals surface area (Å²) in [6.45, 7) is 8.23. The van der Waals surface area contributed by atoms with E-state index in [1.165, 1.54) is 0 Å². The van der Waals surface area contributed by atoms with Crippen molar-refractivity contribution < 1.29 is 0 Å². The van der Waals surface area contributed by atoms with Gasteiger partial charge in [0, 0.05) is 6.04 Å². The first kappa shape index (κ1) is 14.5. The monoisotopic (exact) mass is 295 g/mol. The number of fused-ring (bicyclic) bond motifs is 1. The van der Waals surface area contributed by atoms with Gasteiger partial charge in [-0.1, -0.05) is 25.1 Å². The molecule has 0 aliphatic heterocycles. The fourth-order valence-electron chi connectivity index (χ4n) is 2.48. The standard InChI is InChI=1S/C17H21N5/c1-5-11(2)18-16-15-12(3)21-22(14-9-7-6-8-10-14)17(15)20-13(4)19-16/h6-11H,5H2,1-4H3,(H,18,19,20)/t11-/m1/s1. The zero-order valence-corrected chi connectivity index (χ0v) is 13.5. The predicted molar refractivity (Wildman–Crippen MR) is 89.5 cm³/mol. The minimum atomic E-state index is 0.358. The van der Waals surface area contributed by atoms with Crippen molar-refractivity contribution >= 4 is 16.9 Å². The van der Waals surface area contributed by atoms with Crippen molar-refractivity contribution in [2.75, 3.05) is 5.32 Å². The summed E-state index contributed by atoms with van der Waals surface area (Å²) < 4.78 is 1.89. The number of benzene rings is 1. The van der Waals surface area contributed by atoms with Crippen molar-refractivity contribution in [2.45, 2.75) is 40.2 Å². The lowest BCUT2D eigenvalue weighted by Gasteiger charge is -2.13. The summed E-state index contributed by atoms with van der Waals surface area (Å²) in [5, 5.41) is 9.14. The predicted octanol–water partition coefficient (Wildman–Crippen LogP) is 3.64. The molecule has 0 aliphatic carbocycles. The molecule has 2 heterocycles. The van der Waals surface area contributed by atoms with Gasteiger partial charge in [-0.15, -0.1) is 0 Å². The van der Waals surface area contributed by atoms with E-state index in [0.717, 1.165) is 40.5 Å². The Labute approximate surface area is 130 Å². The Morgan fingerprint density at radius 1 is 1.14 bits per heavy atom. The van der Waals surface area contributed by atoms with Gasteiger partial charge in [-0.2, -0.15) is 5.10 Å². The molecule has 0 aliphatic rings. The number of nitrogens with zero attached hydrogens (tertiary/aromatic N) is 4. The van der Waals surface area contributed by atoms with Crippen LogP contribution in [-0.2, 0) is 0 Å². The molecule has 0 spiro atoms. The molecular formula is C17H21N5. The van der Waals surface area contributed by atoms with Gasteiger partial charge in [0.1, 0.15) is 11.6 Å². The van der Waals surface area contributed by atoms with Crippen LogP contribution in [0.5, 0.6) is 0 Å². The SMILES string of the molecule is CC[C@@H](C)Nc1nc(C)nc2c1c(C)nn2-c1ccccc1. The summed E-state index contributed by atoms with van der Waals surface area (Å²) >= 11 is 0. The Kier molecular flexibility index (Phi) is 3.79. The summed E-state index contributed by atoms with van der Waals surface area (Å²) in [6, 6.07) is 10.4. The third-order valence-corrected chi connectivity index (χ3v) is 3.81. The van der Waals surface area contributed by atoms with Crippen LogP contribution in [-0.4, -0.2) is 25.8 Å². The van der Waals surface area contributed by atoms with Crippen LogP contribution in [0.4, 0.5) is 5.82 Å². The Balaban J connectivity index is 2.22. The largest absolute Gasteiger partial charge is 0.367 e. The van der Waals surface area contributed by atoms with E-state index in [4.69, 9.17) is 0 Å². The Hall–Kier alpha value is -2.43. The van der Waals surface area contributed by atoms with Crippen LogP contribution in [0, 0.1) is 13.8 Å². The number of anilines is 1. The van der Waals surface area contributed by atoms with Crippen LogP contribution in [0.1, 0.15) is 31.8 Å². The van der Waals surface area contributed by atoms with Gasteiger partial charge in [-0.05, 0) is 39.3 Å². The fraction of sp³-hybridized carbons (Fsp3) is 0.353. The van der Waals surface area contributed by atoms with E-state index in [1.807, 2.05) is 48.9 Å². The van der Waals surface area contributed by atoms with E-state index in [2.05, 4.69) is 34.2 Å². The smallest absolute Gasteiger partial charge is 0.168 e. The van der Waals surface area contributed by atoms with Gasteiger partial charge < -0.3 is 5.32 Å². The molecule has 3 rings (SSSR count). The molecule has 0 saturated carbocycles. The van der Waals surface area contributed by atoms with Gasteiger partial charge in [-0.25, -0.2) is 14.6 Å². The zero-order chi connectivity index (χ0) is 15.7. The minimum absolute atomic E-state index is 0.358. The number of hydrogen-bond acceptors (Lipinski definition) is 4. The Morgan fingerprint density at radius 3 is 2.55 bits per heavy atom. The van der Waals surface area contributed by atoms with Gasteiger partial charge in [0.2, 0.25) is 0 Å². The first-order valence-corrected chi connectivity index (χ1v) is 7.66. The second-order valence-electron chi connectivity index (χ2n) is 5.60. The zero-order valence-electron chi connectivity index (χ0n) is 13.5. The average molecular weight is 295 g/mol. The molecule has 5 heteroatoms. The summed E-state index contributed by atoms with van der Waals surface area (Å²) in [5.41, 5.74) is 2.79. The van der Waals surface area contributed by atoms with Crippen molar-refractivity contribution in [3.05, 3.63) is 41.9 Å². The Morgan fingerprint density at radius 2 is 1.86 bits per heavy atom. The summed E-state index contributed by atoms with van der Waals surface area (Å²) in [7, 11) is 0. The van der Waals surface area contributed by atoms with E-state index in [-0.39, 0.29) is 0 Å². The molecular weight excluding hydrogens is 274 g/mol. The van der Waals surface area contributed by atoms with Crippen molar-refractivity contribution in [1.29, 1.82) is 0 Å². The number of aromatic nitrogens is 4. The Bertz CT molecular complexity index is 792. The minimum Gasteiger partial charge on any atom is -0.367 e. The number of hydrogen-bond donors (Lipinski definition) is 1. The molecule has 1 N–H and O–H groups in total. The highest BCUT2D eigenvalue weighted by Gasteiger charge is 2.17. The molecule has 0 unspecified atom stereocenters. The summed E-state index contributed by atoms with van der Waals surface area (Å²) in [5.74, 6) is 1.62. The molecule has 1 atom stereocenters. The second-order valence-corrected chi connectivity index (χ2v) is 5.60. The molecule has 22 heavy (non-hydrogen) atoms. The van der Waals surface area contributed by atoms with Crippen LogP contribution < -0.4 is 5.32 Å². The van der Waals surface area contributed by atoms with Gasteiger partial charge >= 0.3 is 0 Å². The van der Waals surface area contributed by atoms with Crippen molar-refractivity contribution in [1.82, 2.24) is 19.7 Å². The van der Waals surface area contributed by atoms with Crippen molar-refractivity contribution in [2.24, 2.45) is 0 Å². The molecule has 0 fully saturated rings. The summed E-state index contributed by atoms with van der Waals surface area (Å²) in [4.78, 5) is 9.20. The van der Waals surface area contributed by atoms with Gasteiger partial charge in [0.25, 0.3) is 0 Å². The van der Waals surface area contributed by atoms with E-state index < -0.39 is 0 Å². The molecule has 1 aromatic carbocycles. The normalized spacial score (nSPS) is 12.5.